The second-order valence-electron chi connectivity index (χ2n) is 9.92. The van der Waals surface area contributed by atoms with Gasteiger partial charge in [-0.05, 0) is 80.9 Å². The number of fused-ring (bicyclic) bond motifs is 1. The highest BCUT2D eigenvalue weighted by molar-refractivity contribution is 5.88. The first-order valence-corrected chi connectivity index (χ1v) is 11.5. The van der Waals surface area contributed by atoms with Crippen molar-refractivity contribution >= 4 is 17.8 Å². The zero-order valence-corrected chi connectivity index (χ0v) is 18.4. The van der Waals surface area contributed by atoms with Crippen LogP contribution in [0.5, 0.6) is 11.5 Å². The maximum atomic E-state index is 12.9. The van der Waals surface area contributed by atoms with E-state index in [0.717, 1.165) is 24.8 Å². The number of hydrogen-bond acceptors (Lipinski definition) is 6. The predicted octanol–water partition coefficient (Wildman–Crippen LogP) is 2.30. The summed E-state index contributed by atoms with van der Waals surface area (Å²) in [4.78, 5) is 37.5. The van der Waals surface area contributed by atoms with Gasteiger partial charge in [-0.2, -0.15) is 0 Å². The summed E-state index contributed by atoms with van der Waals surface area (Å²) >= 11 is 0. The van der Waals surface area contributed by atoms with Crippen molar-refractivity contribution in [2.45, 2.75) is 58.1 Å². The molecule has 0 saturated heterocycles. The fourth-order valence-corrected chi connectivity index (χ4v) is 6.40. The van der Waals surface area contributed by atoms with Gasteiger partial charge in [0.1, 0.15) is 6.54 Å². The Bertz CT molecular complexity index is 894. The number of nitrogens with one attached hydrogen (secondary N) is 2. The first-order chi connectivity index (χ1) is 15.4. The zero-order chi connectivity index (χ0) is 22.3. The SMILES string of the molecule is CC(OC(=O)CNC(=O)C12CC3CC(CC(C3)C1)C2)C(=O)NCc1ccc2c(c1)OCO2. The molecule has 1 heterocycles. The van der Waals surface area contributed by atoms with Gasteiger partial charge in [0.25, 0.3) is 5.91 Å². The van der Waals surface area contributed by atoms with Crippen LogP contribution in [0.3, 0.4) is 0 Å². The van der Waals surface area contributed by atoms with Crippen LogP contribution in [0.15, 0.2) is 18.2 Å². The standard InChI is InChI=1S/C24H30N2O6/c1-14(22(28)25-11-15-2-3-19-20(7-15)31-13-30-19)32-21(27)12-26-23(29)24-8-16-4-17(9-24)6-18(5-16)10-24/h2-3,7,14,16-18H,4-6,8-13H2,1H3,(H,25,28)(H,26,29). The summed E-state index contributed by atoms with van der Waals surface area (Å²) in [6.45, 7) is 1.78. The maximum Gasteiger partial charge on any atom is 0.326 e. The fraction of sp³-hybridized carbons (Fsp3) is 0.625. The predicted molar refractivity (Wildman–Crippen MR) is 114 cm³/mol. The fourth-order valence-electron chi connectivity index (χ4n) is 6.40. The Kier molecular flexibility index (Phi) is 5.47. The lowest BCUT2D eigenvalue weighted by molar-refractivity contribution is -0.156. The molecule has 8 heteroatoms. The van der Waals surface area contributed by atoms with Gasteiger partial charge in [-0.25, -0.2) is 0 Å². The number of carbonyl (C=O) groups is 3. The molecule has 4 saturated carbocycles. The summed E-state index contributed by atoms with van der Waals surface area (Å²) in [5, 5.41) is 5.54. The summed E-state index contributed by atoms with van der Waals surface area (Å²) in [6, 6.07) is 5.43. The van der Waals surface area contributed by atoms with Gasteiger partial charge in [0, 0.05) is 12.0 Å². The average molecular weight is 443 g/mol. The Morgan fingerprint density at radius 2 is 1.69 bits per heavy atom. The Balaban J connectivity index is 1.06. The first-order valence-electron chi connectivity index (χ1n) is 11.5. The topological polar surface area (TPSA) is 103 Å². The summed E-state index contributed by atoms with van der Waals surface area (Å²) in [5.41, 5.74) is 0.548. The summed E-state index contributed by atoms with van der Waals surface area (Å²) in [7, 11) is 0. The monoisotopic (exact) mass is 442 g/mol. The zero-order valence-electron chi connectivity index (χ0n) is 18.4. The van der Waals surface area contributed by atoms with Gasteiger partial charge in [-0.1, -0.05) is 6.07 Å². The molecule has 4 aliphatic carbocycles. The number of ether oxygens (including phenoxy) is 3. The van der Waals surface area contributed by atoms with Crippen LogP contribution in [0.2, 0.25) is 0 Å². The third kappa shape index (κ3) is 4.14. The lowest BCUT2D eigenvalue weighted by atomic mass is 9.49. The molecule has 6 rings (SSSR count). The third-order valence-electron chi connectivity index (χ3n) is 7.49. The summed E-state index contributed by atoms with van der Waals surface area (Å²) in [5.74, 6) is 2.28. The molecule has 0 radical (unpaired) electrons. The largest absolute Gasteiger partial charge is 0.454 e. The molecule has 1 aromatic carbocycles. The number of hydrogen-bond donors (Lipinski definition) is 2. The van der Waals surface area contributed by atoms with E-state index in [4.69, 9.17) is 14.2 Å². The minimum Gasteiger partial charge on any atom is -0.454 e. The van der Waals surface area contributed by atoms with Crippen LogP contribution in [0.25, 0.3) is 0 Å². The van der Waals surface area contributed by atoms with Crippen LogP contribution in [0.4, 0.5) is 0 Å². The lowest BCUT2D eigenvalue weighted by Gasteiger charge is -2.55. The molecule has 172 valence electrons. The molecule has 4 fully saturated rings. The van der Waals surface area contributed by atoms with Crippen molar-refractivity contribution in [1.29, 1.82) is 0 Å². The van der Waals surface area contributed by atoms with E-state index in [-0.39, 0.29) is 31.2 Å². The van der Waals surface area contributed by atoms with Crippen molar-refractivity contribution in [1.82, 2.24) is 10.6 Å². The lowest BCUT2D eigenvalue weighted by Crippen LogP contribution is -2.54. The van der Waals surface area contributed by atoms with Crippen molar-refractivity contribution in [3.63, 3.8) is 0 Å². The van der Waals surface area contributed by atoms with E-state index in [2.05, 4.69) is 10.6 Å². The molecule has 32 heavy (non-hydrogen) atoms. The van der Waals surface area contributed by atoms with Gasteiger partial charge in [-0.15, -0.1) is 0 Å². The van der Waals surface area contributed by atoms with E-state index in [1.54, 1.807) is 12.1 Å². The summed E-state index contributed by atoms with van der Waals surface area (Å²) < 4.78 is 15.8. The van der Waals surface area contributed by atoms with Crippen LogP contribution in [-0.2, 0) is 25.7 Å². The molecule has 2 N–H and O–H groups in total. The highest BCUT2D eigenvalue weighted by Crippen LogP contribution is 2.60. The Hall–Kier alpha value is -2.77. The Morgan fingerprint density at radius 1 is 1.03 bits per heavy atom. The quantitative estimate of drug-likeness (QED) is 0.628. The summed E-state index contributed by atoms with van der Waals surface area (Å²) in [6.07, 6.45) is 5.65. The van der Waals surface area contributed by atoms with E-state index >= 15 is 0 Å². The van der Waals surface area contributed by atoms with Crippen LogP contribution in [0, 0.1) is 23.2 Å². The molecule has 1 aromatic rings. The molecule has 4 bridgehead atoms. The van der Waals surface area contributed by atoms with Gasteiger partial charge in [0.2, 0.25) is 12.7 Å². The average Bonchev–Trinajstić information content (AvgIpc) is 3.22. The highest BCUT2D eigenvalue weighted by atomic mass is 16.7. The van der Waals surface area contributed by atoms with Crippen molar-refractivity contribution in [3.8, 4) is 11.5 Å². The maximum absolute atomic E-state index is 12.9. The van der Waals surface area contributed by atoms with Crippen molar-refractivity contribution < 1.29 is 28.6 Å². The number of esters is 1. The number of amides is 2. The van der Waals surface area contributed by atoms with Gasteiger partial charge < -0.3 is 24.8 Å². The third-order valence-corrected chi connectivity index (χ3v) is 7.49. The smallest absolute Gasteiger partial charge is 0.326 e. The van der Waals surface area contributed by atoms with Gasteiger partial charge in [0.15, 0.2) is 17.6 Å². The Morgan fingerprint density at radius 3 is 2.38 bits per heavy atom. The number of benzene rings is 1. The minimum atomic E-state index is -0.951. The molecule has 2 amide bonds. The molecule has 8 nitrogen and oxygen atoms in total. The highest BCUT2D eigenvalue weighted by Gasteiger charge is 2.54. The Labute approximate surface area is 187 Å². The van der Waals surface area contributed by atoms with Gasteiger partial charge in [0.05, 0.1) is 0 Å². The second kappa shape index (κ2) is 8.30. The van der Waals surface area contributed by atoms with E-state index in [9.17, 15) is 14.4 Å². The van der Waals surface area contributed by atoms with E-state index in [1.165, 1.54) is 26.2 Å². The molecular weight excluding hydrogens is 412 g/mol. The van der Waals surface area contributed by atoms with Crippen molar-refractivity contribution in [2.24, 2.45) is 23.2 Å². The second-order valence-corrected chi connectivity index (χ2v) is 9.92. The molecule has 1 atom stereocenters. The van der Waals surface area contributed by atoms with Crippen molar-refractivity contribution in [2.75, 3.05) is 13.3 Å². The van der Waals surface area contributed by atoms with Crippen LogP contribution in [0.1, 0.15) is 51.0 Å². The van der Waals surface area contributed by atoms with Gasteiger partial charge in [-0.3, -0.25) is 14.4 Å². The first kappa shape index (κ1) is 21.1. The molecule has 1 aliphatic heterocycles. The van der Waals surface area contributed by atoms with E-state index < -0.39 is 18.0 Å². The molecule has 0 spiro atoms. The van der Waals surface area contributed by atoms with Crippen LogP contribution in [-0.4, -0.2) is 37.2 Å². The van der Waals surface area contributed by atoms with Crippen LogP contribution < -0.4 is 20.1 Å². The molecule has 5 aliphatic rings. The van der Waals surface area contributed by atoms with E-state index in [0.29, 0.717) is 29.3 Å². The molecule has 1 unspecified atom stereocenters. The molecule has 0 aromatic heterocycles. The number of rotatable bonds is 7. The van der Waals surface area contributed by atoms with Crippen LogP contribution >= 0.6 is 0 Å². The molecular formula is C24H30N2O6. The van der Waals surface area contributed by atoms with Crippen molar-refractivity contribution in [3.05, 3.63) is 23.8 Å². The van der Waals surface area contributed by atoms with Gasteiger partial charge >= 0.3 is 5.97 Å². The normalized spacial score (nSPS) is 30.0. The number of carbonyl (C=O) groups excluding carboxylic acids is 3. The minimum absolute atomic E-state index is 0.0199. The van der Waals surface area contributed by atoms with E-state index in [1.807, 2.05) is 6.07 Å².